The van der Waals surface area contributed by atoms with Gasteiger partial charge in [0.25, 0.3) is 0 Å². The summed E-state index contributed by atoms with van der Waals surface area (Å²) in [5, 5.41) is 12.6. The predicted octanol–water partition coefficient (Wildman–Crippen LogP) is 4.07. The number of halogens is 1. The van der Waals surface area contributed by atoms with Gasteiger partial charge >= 0.3 is 5.97 Å². The highest BCUT2D eigenvalue weighted by Crippen LogP contribution is 2.60. The van der Waals surface area contributed by atoms with Crippen molar-refractivity contribution in [3.8, 4) is 0 Å². The maximum absolute atomic E-state index is 12.5. The number of anilines is 1. The van der Waals surface area contributed by atoms with Gasteiger partial charge in [-0.15, -0.1) is 11.6 Å². The molecule has 0 aromatic heterocycles. The largest absolute Gasteiger partial charge is 0.462 e. The van der Waals surface area contributed by atoms with Crippen molar-refractivity contribution in [3.05, 3.63) is 29.8 Å². The molecule has 5 heteroatoms. The highest BCUT2D eigenvalue weighted by molar-refractivity contribution is 6.18. The number of aliphatic hydroxyl groups excluding tert-OH is 1. The number of hydrogen-bond donors (Lipinski definition) is 2. The summed E-state index contributed by atoms with van der Waals surface area (Å²) in [6.07, 6.45) is 7.37. The number of carbonyl (C=O) groups is 1. The lowest BCUT2D eigenvalue weighted by molar-refractivity contribution is -0.0848. The molecule has 0 saturated heterocycles. The third-order valence-electron chi connectivity index (χ3n) is 6.52. The van der Waals surface area contributed by atoms with Crippen LogP contribution >= 0.6 is 11.6 Å². The number of rotatable bonds is 7. The zero-order chi connectivity index (χ0) is 18.1. The maximum Gasteiger partial charge on any atom is 0.338 e. The minimum absolute atomic E-state index is 0.196. The molecule has 26 heavy (non-hydrogen) atoms. The fourth-order valence-electron chi connectivity index (χ4n) is 5.78. The van der Waals surface area contributed by atoms with Gasteiger partial charge in [0.05, 0.1) is 24.2 Å². The summed E-state index contributed by atoms with van der Waals surface area (Å²) in [5.41, 5.74) is 1.69. The average molecular weight is 378 g/mol. The minimum atomic E-state index is -0.582. The van der Waals surface area contributed by atoms with E-state index in [1.807, 2.05) is 12.1 Å². The van der Waals surface area contributed by atoms with Crippen LogP contribution in [0.25, 0.3) is 0 Å². The van der Waals surface area contributed by atoms with E-state index < -0.39 is 6.10 Å². The average Bonchev–Trinajstić information content (AvgIpc) is 2.63. The quantitative estimate of drug-likeness (QED) is 0.555. The number of hydrogen-bond acceptors (Lipinski definition) is 4. The van der Waals surface area contributed by atoms with E-state index in [2.05, 4.69) is 5.32 Å². The Kier molecular flexibility index (Phi) is 5.15. The molecule has 1 aromatic rings. The summed E-state index contributed by atoms with van der Waals surface area (Å²) >= 11 is 5.58. The van der Waals surface area contributed by atoms with E-state index in [-0.39, 0.29) is 17.3 Å². The monoisotopic (exact) mass is 377 g/mol. The smallest absolute Gasteiger partial charge is 0.338 e. The van der Waals surface area contributed by atoms with Crippen LogP contribution in [-0.4, -0.2) is 36.2 Å². The van der Waals surface area contributed by atoms with Crippen LogP contribution in [0, 0.1) is 23.2 Å². The van der Waals surface area contributed by atoms with E-state index in [0.29, 0.717) is 18.7 Å². The Labute approximate surface area is 160 Å². The first kappa shape index (κ1) is 18.1. The van der Waals surface area contributed by atoms with E-state index in [0.717, 1.165) is 23.4 Å². The molecular weight excluding hydrogens is 350 g/mol. The number of benzene rings is 1. The van der Waals surface area contributed by atoms with Gasteiger partial charge in [-0.3, -0.25) is 0 Å². The Bertz CT molecular complexity index is 610. The molecule has 0 aliphatic heterocycles. The predicted molar refractivity (Wildman–Crippen MR) is 103 cm³/mol. The molecule has 0 radical (unpaired) electrons. The van der Waals surface area contributed by atoms with Gasteiger partial charge in [-0.1, -0.05) is 0 Å². The van der Waals surface area contributed by atoms with Gasteiger partial charge in [0, 0.05) is 17.6 Å². The van der Waals surface area contributed by atoms with Crippen LogP contribution in [0.1, 0.15) is 48.9 Å². The second kappa shape index (κ2) is 7.40. The zero-order valence-electron chi connectivity index (χ0n) is 15.1. The zero-order valence-corrected chi connectivity index (χ0v) is 15.9. The van der Waals surface area contributed by atoms with Crippen molar-refractivity contribution in [2.24, 2.45) is 23.2 Å². The first-order chi connectivity index (χ1) is 12.5. The molecule has 0 heterocycles. The Morgan fingerprint density at radius 1 is 1.15 bits per heavy atom. The van der Waals surface area contributed by atoms with Crippen molar-refractivity contribution in [1.82, 2.24) is 0 Å². The van der Waals surface area contributed by atoms with Crippen LogP contribution in [-0.2, 0) is 4.74 Å². The molecule has 5 rings (SSSR count). The molecule has 4 aliphatic carbocycles. The third-order valence-corrected chi connectivity index (χ3v) is 6.87. The first-order valence-corrected chi connectivity index (χ1v) is 10.3. The van der Waals surface area contributed by atoms with Crippen molar-refractivity contribution in [2.45, 2.75) is 44.6 Å². The second-order valence-electron chi connectivity index (χ2n) is 8.76. The molecule has 0 spiro atoms. The molecule has 1 unspecified atom stereocenters. The summed E-state index contributed by atoms with van der Waals surface area (Å²) < 4.78 is 5.75. The molecule has 4 saturated carbocycles. The van der Waals surface area contributed by atoms with Crippen molar-refractivity contribution < 1.29 is 14.6 Å². The van der Waals surface area contributed by atoms with Crippen LogP contribution in [0.3, 0.4) is 0 Å². The number of aliphatic hydroxyl groups is 1. The summed E-state index contributed by atoms with van der Waals surface area (Å²) in [6, 6.07) is 7.22. The van der Waals surface area contributed by atoms with E-state index >= 15 is 0 Å². The van der Waals surface area contributed by atoms with Gasteiger partial charge in [0.15, 0.2) is 0 Å². The SMILES string of the molecule is O=C(OCC12CC3CC(CC(C3)C1)C2)c1ccc(NCC(O)CCl)cc1. The lowest BCUT2D eigenvalue weighted by atomic mass is 9.50. The van der Waals surface area contributed by atoms with Crippen molar-refractivity contribution in [1.29, 1.82) is 0 Å². The van der Waals surface area contributed by atoms with Gasteiger partial charge in [-0.05, 0) is 80.5 Å². The molecule has 1 atom stereocenters. The number of alkyl halides is 1. The lowest BCUT2D eigenvalue weighted by Gasteiger charge is -2.56. The standard InChI is InChI=1S/C21H28ClNO3/c22-11-19(24)12-23-18-3-1-17(2-4-18)20(25)26-13-21-8-14-5-15(9-21)7-16(6-14)10-21/h1-4,14-16,19,23-24H,5-13H2. The Balaban J connectivity index is 1.31. The fraction of sp³-hybridized carbons (Fsp3) is 0.667. The van der Waals surface area contributed by atoms with Gasteiger partial charge < -0.3 is 15.2 Å². The summed E-state index contributed by atoms with van der Waals surface area (Å²) in [4.78, 5) is 12.5. The van der Waals surface area contributed by atoms with Crippen molar-refractivity contribution >= 4 is 23.3 Å². The molecule has 4 aliphatic rings. The fourth-order valence-corrected chi connectivity index (χ4v) is 5.89. The van der Waals surface area contributed by atoms with Crippen LogP contribution in [0.2, 0.25) is 0 Å². The highest BCUT2D eigenvalue weighted by atomic mass is 35.5. The van der Waals surface area contributed by atoms with E-state index in [4.69, 9.17) is 16.3 Å². The van der Waals surface area contributed by atoms with Crippen LogP contribution in [0.15, 0.2) is 24.3 Å². The van der Waals surface area contributed by atoms with E-state index in [1.165, 1.54) is 38.5 Å². The molecule has 142 valence electrons. The number of esters is 1. The minimum Gasteiger partial charge on any atom is -0.462 e. The molecule has 4 fully saturated rings. The Morgan fingerprint density at radius 2 is 1.73 bits per heavy atom. The molecule has 4 nitrogen and oxygen atoms in total. The Hall–Kier alpha value is -1.26. The molecular formula is C21H28ClNO3. The number of ether oxygens (including phenoxy) is 1. The molecule has 2 N–H and O–H groups in total. The first-order valence-electron chi connectivity index (χ1n) is 9.80. The molecule has 1 aromatic carbocycles. The molecule has 4 bridgehead atoms. The van der Waals surface area contributed by atoms with Gasteiger partial charge in [0.1, 0.15) is 0 Å². The normalized spacial score (nSPS) is 33.1. The topological polar surface area (TPSA) is 58.6 Å². The third kappa shape index (κ3) is 3.86. The van der Waals surface area contributed by atoms with Crippen LogP contribution in [0.5, 0.6) is 0 Å². The van der Waals surface area contributed by atoms with E-state index in [1.54, 1.807) is 12.1 Å². The maximum atomic E-state index is 12.5. The Morgan fingerprint density at radius 3 is 2.27 bits per heavy atom. The van der Waals surface area contributed by atoms with Crippen molar-refractivity contribution in [2.75, 3.05) is 24.3 Å². The van der Waals surface area contributed by atoms with E-state index in [9.17, 15) is 9.90 Å². The summed E-state index contributed by atoms with van der Waals surface area (Å²) in [7, 11) is 0. The highest BCUT2D eigenvalue weighted by Gasteiger charge is 2.51. The van der Waals surface area contributed by atoms with Crippen LogP contribution in [0.4, 0.5) is 5.69 Å². The second-order valence-corrected chi connectivity index (χ2v) is 9.07. The lowest BCUT2D eigenvalue weighted by Crippen LogP contribution is -2.48. The number of carbonyl (C=O) groups excluding carboxylic acids is 1. The summed E-state index contributed by atoms with van der Waals surface area (Å²) in [6.45, 7) is 0.969. The van der Waals surface area contributed by atoms with Gasteiger partial charge in [-0.25, -0.2) is 4.79 Å². The number of nitrogens with one attached hydrogen (secondary N) is 1. The summed E-state index contributed by atoms with van der Waals surface area (Å²) in [5.74, 6) is 2.57. The van der Waals surface area contributed by atoms with Crippen molar-refractivity contribution in [3.63, 3.8) is 0 Å². The van der Waals surface area contributed by atoms with Crippen LogP contribution < -0.4 is 5.32 Å². The molecule has 0 amide bonds. The van der Waals surface area contributed by atoms with Gasteiger partial charge in [-0.2, -0.15) is 0 Å². The van der Waals surface area contributed by atoms with Gasteiger partial charge in [0.2, 0.25) is 0 Å².